The van der Waals surface area contributed by atoms with Gasteiger partial charge >= 0.3 is 5.97 Å². The number of hydrogen-bond acceptors (Lipinski definition) is 7. The van der Waals surface area contributed by atoms with Crippen molar-refractivity contribution >= 4 is 28.6 Å². The summed E-state index contributed by atoms with van der Waals surface area (Å²) in [6.45, 7) is 2.14. The number of nitrogens with zero attached hydrogens (tertiary/aromatic N) is 3. The van der Waals surface area contributed by atoms with Gasteiger partial charge in [0.05, 0.1) is 43.4 Å². The Hall–Kier alpha value is -3.66. The van der Waals surface area contributed by atoms with Crippen LogP contribution in [0.4, 0.5) is 8.78 Å². The Morgan fingerprint density at radius 3 is 2.71 bits per heavy atom. The molecule has 1 N–H and O–H groups in total. The number of ether oxygens (including phenoxy) is 2. The zero-order valence-corrected chi connectivity index (χ0v) is 19.2. The quantitative estimate of drug-likeness (QED) is 0.279. The molecule has 2 heterocycles. The molecule has 2 aromatic carbocycles. The van der Waals surface area contributed by atoms with Gasteiger partial charge in [-0.1, -0.05) is 0 Å². The number of esters is 1. The Morgan fingerprint density at radius 2 is 2.03 bits per heavy atom. The fraction of sp³-hybridized carbons (Fsp3) is 0.208. The van der Waals surface area contributed by atoms with Crippen molar-refractivity contribution < 1.29 is 28.2 Å². The molecule has 0 aliphatic carbocycles. The van der Waals surface area contributed by atoms with Crippen molar-refractivity contribution in [2.45, 2.75) is 24.1 Å². The highest BCUT2D eigenvalue weighted by Gasteiger charge is 2.21. The molecule has 0 aliphatic heterocycles. The zero-order chi connectivity index (χ0) is 24.2. The number of phenols is 1. The molecule has 0 saturated heterocycles. The van der Waals surface area contributed by atoms with E-state index in [9.17, 15) is 18.7 Å². The van der Waals surface area contributed by atoms with Crippen molar-refractivity contribution in [2.24, 2.45) is 0 Å². The van der Waals surface area contributed by atoms with Crippen LogP contribution in [-0.2, 0) is 17.0 Å². The van der Waals surface area contributed by atoms with Crippen LogP contribution in [0.2, 0.25) is 0 Å². The lowest BCUT2D eigenvalue weighted by Crippen LogP contribution is -2.11. The summed E-state index contributed by atoms with van der Waals surface area (Å²) in [5.41, 5.74) is 1.59. The van der Waals surface area contributed by atoms with Crippen LogP contribution in [0.25, 0.3) is 10.9 Å². The highest BCUT2D eigenvalue weighted by Crippen LogP contribution is 2.38. The third-order valence-electron chi connectivity index (χ3n) is 5.10. The van der Waals surface area contributed by atoms with Crippen molar-refractivity contribution in [1.82, 2.24) is 14.5 Å². The molecule has 4 aromatic rings. The number of imidazole rings is 1. The molecule has 0 radical (unpaired) electrons. The predicted octanol–water partition coefficient (Wildman–Crippen LogP) is 4.94. The van der Waals surface area contributed by atoms with Gasteiger partial charge in [0.15, 0.2) is 23.1 Å². The largest absolute Gasteiger partial charge is 0.504 e. The lowest BCUT2D eigenvalue weighted by Gasteiger charge is -2.16. The number of halogens is 2. The normalized spacial score (nSPS) is 11.1. The van der Waals surface area contributed by atoms with E-state index in [2.05, 4.69) is 4.98 Å². The molecule has 0 amide bonds. The molecule has 2 aromatic heterocycles. The Kier molecular flexibility index (Phi) is 6.97. The number of phenolic OH excluding ortho intramolecular Hbond substituents is 1. The fourth-order valence-electron chi connectivity index (χ4n) is 3.47. The van der Waals surface area contributed by atoms with Crippen molar-refractivity contribution in [3.8, 4) is 11.5 Å². The predicted molar refractivity (Wildman–Crippen MR) is 123 cm³/mol. The number of carbonyl (C=O) groups is 1. The van der Waals surface area contributed by atoms with Crippen LogP contribution in [0.15, 0.2) is 53.9 Å². The van der Waals surface area contributed by atoms with Gasteiger partial charge in [-0.2, -0.15) is 0 Å². The summed E-state index contributed by atoms with van der Waals surface area (Å²) in [5.74, 6) is -2.09. The molecule has 0 unspecified atom stereocenters. The van der Waals surface area contributed by atoms with Crippen LogP contribution in [0.5, 0.6) is 11.5 Å². The van der Waals surface area contributed by atoms with E-state index in [-0.39, 0.29) is 36.0 Å². The smallest absolute Gasteiger partial charge is 0.340 e. The van der Waals surface area contributed by atoms with Gasteiger partial charge in [0.1, 0.15) is 0 Å². The van der Waals surface area contributed by atoms with Crippen LogP contribution in [-0.4, -0.2) is 39.3 Å². The first-order valence-corrected chi connectivity index (χ1v) is 11.3. The molecule has 4 rings (SSSR count). The van der Waals surface area contributed by atoms with Gasteiger partial charge in [0.2, 0.25) is 0 Å². The van der Waals surface area contributed by atoms with Crippen LogP contribution < -0.4 is 4.74 Å². The number of thioether (sulfide) groups is 1. The second-order valence-electron chi connectivity index (χ2n) is 7.28. The van der Waals surface area contributed by atoms with Crippen LogP contribution in [0, 0.1) is 11.6 Å². The summed E-state index contributed by atoms with van der Waals surface area (Å²) in [7, 11) is 1.44. The summed E-state index contributed by atoms with van der Waals surface area (Å²) in [6, 6.07) is 6.83. The molecule has 34 heavy (non-hydrogen) atoms. The minimum Gasteiger partial charge on any atom is -0.504 e. The number of aromatic nitrogens is 3. The number of methoxy groups -OCH3 is 1. The topological polar surface area (TPSA) is 86.5 Å². The summed E-state index contributed by atoms with van der Waals surface area (Å²) >= 11 is 1.20. The SMILES string of the molecule is CCOC(=O)c1cc2cc(OC)c(O)c(Cn3ccnc3)c2nc1CSc1ccc(F)c(F)c1. The Balaban J connectivity index is 1.83. The molecular formula is C24H21F2N3O4S. The van der Waals surface area contributed by atoms with E-state index < -0.39 is 17.6 Å². The number of hydrogen-bond donors (Lipinski definition) is 1. The lowest BCUT2D eigenvalue weighted by molar-refractivity contribution is 0.0525. The number of pyridine rings is 1. The van der Waals surface area contributed by atoms with Crippen molar-refractivity contribution in [1.29, 1.82) is 0 Å². The van der Waals surface area contributed by atoms with Crippen LogP contribution >= 0.6 is 11.8 Å². The molecule has 0 fully saturated rings. The van der Waals surface area contributed by atoms with E-state index in [0.717, 1.165) is 12.1 Å². The summed E-state index contributed by atoms with van der Waals surface area (Å²) in [5, 5.41) is 11.4. The molecule has 7 nitrogen and oxygen atoms in total. The first-order chi connectivity index (χ1) is 16.4. The van der Waals surface area contributed by atoms with E-state index >= 15 is 0 Å². The van der Waals surface area contributed by atoms with Gasteiger partial charge < -0.3 is 19.1 Å². The molecule has 176 valence electrons. The number of carbonyl (C=O) groups excluding carboxylic acids is 1. The Labute approximate surface area is 198 Å². The van der Waals surface area contributed by atoms with Gasteiger partial charge in [0, 0.05) is 34.0 Å². The average molecular weight is 486 g/mol. The highest BCUT2D eigenvalue weighted by atomic mass is 32.2. The second kappa shape index (κ2) is 10.1. The van der Waals surface area contributed by atoms with Gasteiger partial charge in [-0.25, -0.2) is 18.6 Å². The van der Waals surface area contributed by atoms with Gasteiger partial charge in [-0.05, 0) is 37.3 Å². The van der Waals surface area contributed by atoms with E-state index in [1.165, 1.54) is 24.9 Å². The van der Waals surface area contributed by atoms with E-state index in [1.54, 1.807) is 42.3 Å². The summed E-state index contributed by atoms with van der Waals surface area (Å²) < 4.78 is 39.2. The maximum Gasteiger partial charge on any atom is 0.340 e. The van der Waals surface area contributed by atoms with E-state index in [0.29, 0.717) is 27.1 Å². The number of rotatable bonds is 8. The van der Waals surface area contributed by atoms with Crippen LogP contribution in [0.1, 0.15) is 28.5 Å². The van der Waals surface area contributed by atoms with Crippen molar-refractivity contribution in [3.63, 3.8) is 0 Å². The summed E-state index contributed by atoms with van der Waals surface area (Å²) in [4.78, 5) is 21.9. The molecular weight excluding hydrogens is 464 g/mol. The first kappa shape index (κ1) is 23.5. The van der Waals surface area contributed by atoms with E-state index in [4.69, 9.17) is 14.5 Å². The molecule has 0 atom stereocenters. The Morgan fingerprint density at radius 1 is 1.21 bits per heavy atom. The van der Waals surface area contributed by atoms with Gasteiger partial charge in [-0.3, -0.25) is 4.98 Å². The molecule has 0 bridgehead atoms. The molecule has 0 saturated carbocycles. The van der Waals surface area contributed by atoms with Gasteiger partial charge in [-0.15, -0.1) is 11.8 Å². The summed E-state index contributed by atoms with van der Waals surface area (Å²) in [6.07, 6.45) is 4.98. The molecule has 10 heteroatoms. The minimum absolute atomic E-state index is 0.0701. The van der Waals surface area contributed by atoms with Crippen molar-refractivity contribution in [3.05, 3.63) is 77.5 Å². The average Bonchev–Trinajstić information content (AvgIpc) is 3.34. The van der Waals surface area contributed by atoms with Crippen LogP contribution in [0.3, 0.4) is 0 Å². The maximum atomic E-state index is 13.6. The second-order valence-corrected chi connectivity index (χ2v) is 8.33. The number of benzene rings is 2. The van der Waals surface area contributed by atoms with Crippen molar-refractivity contribution in [2.75, 3.05) is 13.7 Å². The van der Waals surface area contributed by atoms with Gasteiger partial charge in [0.25, 0.3) is 0 Å². The standard InChI is InChI=1S/C24H21F2N3O4S/c1-3-33-24(31)16-8-14-9-21(32-2)23(30)17(11-29-7-6-27-13-29)22(14)28-20(16)12-34-15-4-5-18(25)19(26)10-15/h4-10,13,30H,3,11-12H2,1-2H3. The van der Waals surface area contributed by atoms with E-state index in [1.807, 2.05) is 0 Å². The number of aromatic hydroxyl groups is 1. The molecule has 0 aliphatic rings. The third kappa shape index (κ3) is 4.81. The molecule has 0 spiro atoms. The fourth-order valence-corrected chi connectivity index (χ4v) is 4.35. The lowest BCUT2D eigenvalue weighted by atomic mass is 10.0. The highest BCUT2D eigenvalue weighted by molar-refractivity contribution is 7.98. The third-order valence-corrected chi connectivity index (χ3v) is 6.11. The first-order valence-electron chi connectivity index (χ1n) is 10.3. The number of fused-ring (bicyclic) bond motifs is 1. The Bertz CT molecular complexity index is 1350. The maximum absolute atomic E-state index is 13.6. The monoisotopic (exact) mass is 485 g/mol. The minimum atomic E-state index is -0.957. The zero-order valence-electron chi connectivity index (χ0n) is 18.4.